The fourth-order valence-electron chi connectivity index (χ4n) is 8.08. The van der Waals surface area contributed by atoms with Crippen LogP contribution >= 0.6 is 0 Å². The van der Waals surface area contributed by atoms with Crippen LogP contribution < -0.4 is 19.3 Å². The molecule has 10 heterocycles. The highest BCUT2D eigenvalue weighted by molar-refractivity contribution is 5.94. The number of hydrogen-bond acceptors (Lipinski definition) is 15. The van der Waals surface area contributed by atoms with Crippen LogP contribution in [0.15, 0.2) is 135 Å². The number of aryl methyl sites for hydroxylation is 1. The zero-order chi connectivity index (χ0) is 47.1. The largest absolute Gasteiger partial charge is 0.497 e. The summed E-state index contributed by atoms with van der Waals surface area (Å²) in [6.45, 7) is 4.99. The van der Waals surface area contributed by atoms with E-state index in [0.29, 0.717) is 34.8 Å². The average molecular weight is 913 g/mol. The van der Waals surface area contributed by atoms with Crippen LogP contribution in [-0.2, 0) is 26.2 Å². The summed E-state index contributed by atoms with van der Waals surface area (Å²) in [6, 6.07) is 27.3. The summed E-state index contributed by atoms with van der Waals surface area (Å²) in [4.78, 5) is 65.4. The maximum Gasteiger partial charge on any atom is 0.226 e. The van der Waals surface area contributed by atoms with Crippen molar-refractivity contribution >= 4 is 52.4 Å². The number of carbonyl (C=O) groups excluding carboxylic acids is 1. The highest BCUT2D eigenvalue weighted by Crippen LogP contribution is 2.31. The van der Waals surface area contributed by atoms with Gasteiger partial charge in [0, 0.05) is 97.8 Å². The number of aromatic amines is 2. The van der Waals surface area contributed by atoms with Crippen LogP contribution in [0, 0.1) is 6.92 Å². The smallest absolute Gasteiger partial charge is 0.226 e. The number of hydrogen-bond donors (Lipinski definition) is 2. The molecule has 0 atom stereocenters. The molecule has 340 valence electrons. The highest BCUT2D eigenvalue weighted by Gasteiger charge is 2.24. The van der Waals surface area contributed by atoms with Crippen LogP contribution in [0.2, 0.25) is 0 Å². The van der Waals surface area contributed by atoms with Crippen LogP contribution in [0.25, 0.3) is 57.3 Å². The summed E-state index contributed by atoms with van der Waals surface area (Å²) in [6.07, 6.45) is 18.9. The number of benzene rings is 2. The molecule has 17 nitrogen and oxygen atoms in total. The molecule has 2 aliphatic rings. The molecule has 0 bridgehead atoms. The third-order valence-electron chi connectivity index (χ3n) is 11.6. The molecule has 0 radical (unpaired) electrons. The quantitative estimate of drug-likeness (QED) is 0.130. The molecular formula is C52H44N14O3. The Kier molecular flexibility index (Phi) is 12.5. The van der Waals surface area contributed by atoms with Crippen molar-refractivity contribution in [1.82, 2.24) is 59.8 Å². The van der Waals surface area contributed by atoms with E-state index in [4.69, 9.17) is 19.4 Å². The topological polar surface area (TPSA) is 202 Å². The Morgan fingerprint density at radius 3 is 1.58 bits per heavy atom. The number of aldehydes is 1. The van der Waals surface area contributed by atoms with Gasteiger partial charge in [0.25, 0.3) is 0 Å². The second kappa shape index (κ2) is 19.7. The minimum Gasteiger partial charge on any atom is -0.497 e. The number of aromatic nitrogens is 12. The zero-order valence-electron chi connectivity index (χ0n) is 37.9. The van der Waals surface area contributed by atoms with E-state index in [1.807, 2.05) is 79.9 Å². The number of H-pyrrole nitrogens is 2. The van der Waals surface area contributed by atoms with E-state index in [2.05, 4.69) is 83.9 Å². The fourth-order valence-corrected chi connectivity index (χ4v) is 8.08. The molecule has 2 aromatic carbocycles. The Morgan fingerprint density at radius 2 is 1.01 bits per heavy atom. The Labute approximate surface area is 396 Å². The maximum atomic E-state index is 10.5. The standard InChI is InChI=1S/C26H21N7O.C18H17N5O.C8H6N2O/c1-34-21-5-3-18-15-33(16-19(18)14-21)26-30-13-9-23(32-26)25-29-11-7-20(31-25)4-2-17-6-10-27-24-22(17)8-12-28-24;1-12-5-7-19-17(21-12)16-6-8-20-18(22-16)23-10-13-3-4-15(24-2)9-14(13)11-23;11-5-6-1-3-9-8-7(6)2-4-10-8/h2-14H,15-16H2,1H3,(H,27,28);3-9H,10-11H2,1-2H3;1-5H,(H,9,10)/b4-2+;;. The summed E-state index contributed by atoms with van der Waals surface area (Å²) in [5.41, 5.74) is 11.5. The third-order valence-corrected chi connectivity index (χ3v) is 11.6. The van der Waals surface area contributed by atoms with Gasteiger partial charge in [-0.3, -0.25) is 4.79 Å². The van der Waals surface area contributed by atoms with Gasteiger partial charge in [-0.25, -0.2) is 49.8 Å². The summed E-state index contributed by atoms with van der Waals surface area (Å²) >= 11 is 0. The number of carbonyl (C=O) groups is 1. The molecule has 8 aromatic heterocycles. The molecule has 0 fully saturated rings. The van der Waals surface area contributed by atoms with Gasteiger partial charge < -0.3 is 29.2 Å². The van der Waals surface area contributed by atoms with Crippen molar-refractivity contribution in [3.8, 4) is 34.5 Å². The molecule has 12 rings (SSSR count). The molecule has 69 heavy (non-hydrogen) atoms. The second-order valence-corrected chi connectivity index (χ2v) is 16.0. The van der Waals surface area contributed by atoms with Gasteiger partial charge in [-0.05, 0) is 114 Å². The molecule has 2 aliphatic heterocycles. The predicted octanol–water partition coefficient (Wildman–Crippen LogP) is 8.66. The van der Waals surface area contributed by atoms with Gasteiger partial charge in [0.1, 0.15) is 34.2 Å². The Hall–Kier alpha value is -9.25. The van der Waals surface area contributed by atoms with E-state index in [1.54, 1.807) is 63.7 Å². The Bertz CT molecular complexity index is 3480. The fraction of sp³-hybridized carbons (Fsp3) is 0.135. The minimum atomic E-state index is 0.561. The van der Waals surface area contributed by atoms with Crippen molar-refractivity contribution in [3.05, 3.63) is 179 Å². The molecule has 10 aromatic rings. The first-order chi connectivity index (χ1) is 33.9. The molecule has 0 saturated carbocycles. The average Bonchev–Trinajstić information content (AvgIpc) is 4.25. The number of fused-ring (bicyclic) bond motifs is 4. The summed E-state index contributed by atoms with van der Waals surface area (Å²) in [5, 5.41) is 1.94. The van der Waals surface area contributed by atoms with Crippen molar-refractivity contribution < 1.29 is 14.3 Å². The van der Waals surface area contributed by atoms with Crippen LogP contribution in [-0.4, -0.2) is 80.3 Å². The molecule has 0 unspecified atom stereocenters. The Morgan fingerprint density at radius 1 is 0.507 bits per heavy atom. The number of pyridine rings is 2. The number of nitrogens with one attached hydrogen (secondary N) is 2. The van der Waals surface area contributed by atoms with E-state index in [-0.39, 0.29) is 0 Å². The molecule has 2 N–H and O–H groups in total. The summed E-state index contributed by atoms with van der Waals surface area (Å²) < 4.78 is 10.7. The molecular weight excluding hydrogens is 869 g/mol. The van der Waals surface area contributed by atoms with Gasteiger partial charge in [0.15, 0.2) is 17.9 Å². The first-order valence-electron chi connectivity index (χ1n) is 22.0. The van der Waals surface area contributed by atoms with Crippen LogP contribution in [0.3, 0.4) is 0 Å². The molecule has 0 aliphatic carbocycles. The van der Waals surface area contributed by atoms with Crippen LogP contribution in [0.5, 0.6) is 11.5 Å². The van der Waals surface area contributed by atoms with Gasteiger partial charge in [-0.1, -0.05) is 18.2 Å². The second-order valence-electron chi connectivity index (χ2n) is 16.0. The number of methoxy groups -OCH3 is 2. The number of ether oxygens (including phenoxy) is 2. The monoisotopic (exact) mass is 912 g/mol. The minimum absolute atomic E-state index is 0.561. The molecule has 17 heteroatoms. The summed E-state index contributed by atoms with van der Waals surface area (Å²) in [5.74, 6) is 4.26. The van der Waals surface area contributed by atoms with E-state index in [9.17, 15) is 4.79 Å². The van der Waals surface area contributed by atoms with Crippen molar-refractivity contribution in [3.63, 3.8) is 0 Å². The van der Waals surface area contributed by atoms with Gasteiger partial charge in [-0.2, -0.15) is 0 Å². The van der Waals surface area contributed by atoms with Crippen molar-refractivity contribution in [2.24, 2.45) is 0 Å². The van der Waals surface area contributed by atoms with Gasteiger partial charge in [-0.15, -0.1) is 0 Å². The molecule has 0 saturated heterocycles. The lowest BCUT2D eigenvalue weighted by molar-refractivity contribution is 0.112. The third kappa shape index (κ3) is 9.69. The lowest BCUT2D eigenvalue weighted by Gasteiger charge is -2.15. The van der Waals surface area contributed by atoms with Gasteiger partial charge in [0.05, 0.1) is 19.9 Å². The first-order valence-corrected chi connectivity index (χ1v) is 22.0. The number of rotatable bonds is 9. The predicted molar refractivity (Wildman–Crippen MR) is 263 cm³/mol. The van der Waals surface area contributed by atoms with Gasteiger partial charge in [0.2, 0.25) is 11.9 Å². The van der Waals surface area contributed by atoms with E-state index in [1.165, 1.54) is 22.3 Å². The van der Waals surface area contributed by atoms with Crippen LogP contribution in [0.4, 0.5) is 11.9 Å². The van der Waals surface area contributed by atoms with Crippen LogP contribution in [0.1, 0.15) is 49.6 Å². The lowest BCUT2D eigenvalue weighted by atomic mass is 10.1. The number of nitrogens with zero attached hydrogens (tertiary/aromatic N) is 12. The van der Waals surface area contributed by atoms with Crippen molar-refractivity contribution in [1.29, 1.82) is 0 Å². The molecule has 0 amide bonds. The van der Waals surface area contributed by atoms with Gasteiger partial charge >= 0.3 is 0 Å². The summed E-state index contributed by atoms with van der Waals surface area (Å²) in [7, 11) is 3.37. The van der Waals surface area contributed by atoms with Crippen molar-refractivity contribution in [2.45, 2.75) is 33.1 Å². The number of anilines is 2. The zero-order valence-corrected chi connectivity index (χ0v) is 37.9. The Balaban J connectivity index is 0.000000136. The van der Waals surface area contributed by atoms with E-state index < -0.39 is 0 Å². The van der Waals surface area contributed by atoms with Crippen molar-refractivity contribution in [2.75, 3.05) is 24.0 Å². The normalized spacial score (nSPS) is 12.6. The SMILES string of the molecule is COc1ccc2c(c1)CN(c1nccc(-c3nccc(/C=C/c4ccnc5[nH]ccc45)n3)n1)C2.COc1ccc2c(c1)CN(c1nccc(-c3nccc(C)n3)n1)C2.O=Cc1ccnc2[nH]ccc12. The van der Waals surface area contributed by atoms with E-state index >= 15 is 0 Å². The first kappa shape index (κ1) is 43.6. The lowest BCUT2D eigenvalue weighted by Crippen LogP contribution is -2.17. The maximum absolute atomic E-state index is 10.5. The highest BCUT2D eigenvalue weighted by atomic mass is 16.5. The van der Waals surface area contributed by atoms with E-state index in [0.717, 1.165) is 88.7 Å². The molecule has 0 spiro atoms.